The van der Waals surface area contributed by atoms with Gasteiger partial charge in [-0.05, 0) is 49.4 Å². The molecule has 2 fully saturated rings. The van der Waals surface area contributed by atoms with E-state index in [1.165, 1.54) is 29.3 Å². The first-order chi connectivity index (χ1) is 20.6. The molecule has 0 aromatic heterocycles. The molecule has 0 spiro atoms. The van der Waals surface area contributed by atoms with Crippen molar-refractivity contribution in [3.8, 4) is 0 Å². The molecular formula is C31H54N6O7S. The van der Waals surface area contributed by atoms with Crippen LogP contribution in [0.25, 0.3) is 0 Å². The smallest absolute Gasteiger partial charge is 0.315 e. The number of amides is 5. The van der Waals surface area contributed by atoms with E-state index in [1.807, 2.05) is 41.5 Å². The Balaban J connectivity index is 2.28. The molecule has 2 aliphatic rings. The van der Waals surface area contributed by atoms with Crippen molar-refractivity contribution in [3.63, 3.8) is 0 Å². The molecular weight excluding hydrogens is 600 g/mol. The fourth-order valence-corrected chi connectivity index (χ4v) is 6.77. The maximum absolute atomic E-state index is 14.2. The number of urea groups is 1. The Morgan fingerprint density at radius 1 is 1.00 bits per heavy atom. The summed E-state index contributed by atoms with van der Waals surface area (Å²) in [7, 11) is -2.02. The van der Waals surface area contributed by atoms with Gasteiger partial charge in [0.1, 0.15) is 12.1 Å². The van der Waals surface area contributed by atoms with Crippen molar-refractivity contribution < 1.29 is 32.4 Å². The van der Waals surface area contributed by atoms with Crippen LogP contribution in [0.2, 0.25) is 0 Å². The van der Waals surface area contributed by atoms with Gasteiger partial charge in [-0.2, -0.15) is 0 Å². The van der Waals surface area contributed by atoms with Crippen LogP contribution in [0.1, 0.15) is 74.7 Å². The number of nitrogens with zero attached hydrogens (tertiary/aromatic N) is 2. The molecule has 14 heteroatoms. The minimum absolute atomic E-state index is 0.0431. The second-order valence-electron chi connectivity index (χ2n) is 14.4. The summed E-state index contributed by atoms with van der Waals surface area (Å²) in [5.74, 6) is -2.66. The highest BCUT2D eigenvalue weighted by Gasteiger charge is 2.52. The van der Waals surface area contributed by atoms with Crippen LogP contribution in [0, 0.1) is 22.7 Å². The van der Waals surface area contributed by atoms with E-state index >= 15 is 0 Å². The maximum Gasteiger partial charge on any atom is 0.315 e. The number of Topliss-reactive ketones (excluding diaryl/α,β-unsaturated/α-hetero) is 1. The minimum atomic E-state index is -3.49. The van der Waals surface area contributed by atoms with Crippen molar-refractivity contribution in [1.29, 1.82) is 0 Å². The SMILES string of the molecule is C=CCNC(=O)C(=O)C(C)NC(=O)[C@@H]1[C@H]2CCC[C@H]2CN1C(=O)[C@@H](NC(=O)N[C@H](CN(C)S(=O)(=O)CC)C(C)(C)C)C(C)(C)C. The number of hydrogen-bond donors (Lipinski definition) is 4. The fraction of sp³-hybridized carbons (Fsp3) is 0.774. The van der Waals surface area contributed by atoms with Crippen molar-refractivity contribution in [2.24, 2.45) is 22.7 Å². The quantitative estimate of drug-likeness (QED) is 0.172. The van der Waals surface area contributed by atoms with Gasteiger partial charge in [0.05, 0.1) is 11.8 Å². The van der Waals surface area contributed by atoms with E-state index in [1.54, 1.807) is 6.92 Å². The molecule has 0 aromatic carbocycles. The third-order valence-electron chi connectivity index (χ3n) is 8.84. The Morgan fingerprint density at radius 3 is 2.16 bits per heavy atom. The van der Waals surface area contributed by atoms with Crippen LogP contribution >= 0.6 is 0 Å². The van der Waals surface area contributed by atoms with Crippen molar-refractivity contribution in [2.45, 2.75) is 98.8 Å². The van der Waals surface area contributed by atoms with Gasteiger partial charge in [-0.1, -0.05) is 54.0 Å². The van der Waals surface area contributed by atoms with Crippen LogP contribution in [-0.4, -0.2) is 104 Å². The van der Waals surface area contributed by atoms with Gasteiger partial charge in [0.15, 0.2) is 0 Å². The molecule has 1 heterocycles. The Hall–Kier alpha value is -3.00. The molecule has 0 bridgehead atoms. The lowest BCUT2D eigenvalue weighted by Crippen LogP contribution is -2.62. The van der Waals surface area contributed by atoms with E-state index in [0.717, 1.165) is 19.3 Å². The van der Waals surface area contributed by atoms with Crippen LogP contribution in [0.3, 0.4) is 0 Å². The van der Waals surface area contributed by atoms with Gasteiger partial charge in [-0.15, -0.1) is 6.58 Å². The van der Waals surface area contributed by atoms with Gasteiger partial charge in [0.2, 0.25) is 27.6 Å². The molecule has 5 amide bonds. The topological polar surface area (TPSA) is 174 Å². The van der Waals surface area contributed by atoms with Crippen molar-refractivity contribution >= 4 is 39.6 Å². The summed E-state index contributed by atoms with van der Waals surface area (Å²) in [4.78, 5) is 67.5. The van der Waals surface area contributed by atoms with Crippen LogP contribution in [0.15, 0.2) is 12.7 Å². The first-order valence-electron chi connectivity index (χ1n) is 15.7. The molecule has 1 saturated heterocycles. The summed E-state index contributed by atoms with van der Waals surface area (Å²) in [6.07, 6.45) is 3.95. The molecule has 1 saturated carbocycles. The number of likely N-dealkylation sites (tertiary alicyclic amines) is 1. The lowest BCUT2D eigenvalue weighted by Gasteiger charge is -2.38. The van der Waals surface area contributed by atoms with Gasteiger partial charge < -0.3 is 26.2 Å². The number of rotatable bonds is 13. The van der Waals surface area contributed by atoms with Crippen LogP contribution in [0.4, 0.5) is 4.79 Å². The molecule has 0 aromatic rings. The normalized spacial score (nSPS) is 22.2. The molecule has 0 radical (unpaired) electrons. The summed E-state index contributed by atoms with van der Waals surface area (Å²) >= 11 is 0. The second-order valence-corrected chi connectivity index (χ2v) is 16.8. The highest BCUT2D eigenvalue weighted by Crippen LogP contribution is 2.43. The Labute approximate surface area is 268 Å². The zero-order chi connectivity index (χ0) is 34.5. The molecule has 1 aliphatic heterocycles. The first kappa shape index (κ1) is 38.2. The summed E-state index contributed by atoms with van der Waals surface area (Å²) in [6, 6.07) is -4.19. The number of likely N-dealkylation sites (N-methyl/N-ethyl adjacent to an activating group) is 1. The largest absolute Gasteiger partial charge is 0.346 e. The molecule has 256 valence electrons. The Kier molecular flexibility index (Phi) is 12.8. The zero-order valence-corrected chi connectivity index (χ0v) is 29.2. The highest BCUT2D eigenvalue weighted by molar-refractivity contribution is 7.89. The standard InChI is InChI=1S/C31H54N6O7S/c1-11-16-32-27(40)24(38)19(3)33-26(39)23-21-15-13-14-20(21)17-37(23)28(41)25(31(7,8)9)35-29(42)34-22(30(4,5)6)18-36(10)45(43,44)12-2/h11,19-23,25H,1,12-18H2,2-10H3,(H,32,40)(H,33,39)(H2,34,35,42)/t19?,20-,21-,22+,23-,25+/m0/s1. The number of hydrogen-bond acceptors (Lipinski definition) is 7. The van der Waals surface area contributed by atoms with Gasteiger partial charge in [-0.3, -0.25) is 19.2 Å². The van der Waals surface area contributed by atoms with Crippen molar-refractivity contribution in [2.75, 3.05) is 32.4 Å². The van der Waals surface area contributed by atoms with E-state index in [9.17, 15) is 32.4 Å². The third-order valence-corrected chi connectivity index (χ3v) is 10.7. The van der Waals surface area contributed by atoms with Crippen LogP contribution in [0.5, 0.6) is 0 Å². The third kappa shape index (κ3) is 9.74. The molecule has 13 nitrogen and oxygen atoms in total. The van der Waals surface area contributed by atoms with Gasteiger partial charge in [-0.25, -0.2) is 17.5 Å². The molecule has 2 rings (SSSR count). The highest BCUT2D eigenvalue weighted by atomic mass is 32.2. The van der Waals surface area contributed by atoms with E-state index in [0.29, 0.717) is 6.54 Å². The van der Waals surface area contributed by atoms with Crippen LogP contribution in [-0.2, 0) is 29.2 Å². The van der Waals surface area contributed by atoms with Gasteiger partial charge in [0.25, 0.3) is 5.91 Å². The predicted molar refractivity (Wildman–Crippen MR) is 172 cm³/mol. The van der Waals surface area contributed by atoms with Crippen molar-refractivity contribution in [3.05, 3.63) is 12.7 Å². The second kappa shape index (κ2) is 15.1. The number of carbonyl (C=O) groups excluding carboxylic acids is 5. The fourth-order valence-electron chi connectivity index (χ4n) is 5.95. The lowest BCUT2D eigenvalue weighted by atomic mass is 9.85. The van der Waals surface area contributed by atoms with Gasteiger partial charge >= 0.3 is 6.03 Å². The maximum atomic E-state index is 14.2. The molecule has 6 atom stereocenters. The van der Waals surface area contributed by atoms with Crippen LogP contribution < -0.4 is 21.3 Å². The number of ketones is 1. The molecule has 1 aliphatic carbocycles. The van der Waals surface area contributed by atoms with E-state index < -0.39 is 74.6 Å². The summed E-state index contributed by atoms with van der Waals surface area (Å²) < 4.78 is 26.0. The monoisotopic (exact) mass is 654 g/mol. The first-order valence-corrected chi connectivity index (χ1v) is 17.3. The van der Waals surface area contributed by atoms with E-state index in [-0.39, 0.29) is 30.7 Å². The molecule has 4 N–H and O–H groups in total. The average Bonchev–Trinajstić information content (AvgIpc) is 3.53. The number of fused-ring (bicyclic) bond motifs is 1. The van der Waals surface area contributed by atoms with E-state index in [2.05, 4.69) is 27.8 Å². The van der Waals surface area contributed by atoms with E-state index in [4.69, 9.17) is 0 Å². The zero-order valence-electron chi connectivity index (χ0n) is 28.4. The predicted octanol–water partition coefficient (Wildman–Crippen LogP) is 1.40. The average molecular weight is 655 g/mol. The Morgan fingerprint density at radius 2 is 1.62 bits per heavy atom. The number of sulfonamides is 1. The minimum Gasteiger partial charge on any atom is -0.346 e. The lowest BCUT2D eigenvalue weighted by molar-refractivity contribution is -0.144. The Bertz CT molecular complexity index is 1240. The summed E-state index contributed by atoms with van der Waals surface area (Å²) in [6.45, 7) is 18.1. The van der Waals surface area contributed by atoms with Crippen molar-refractivity contribution in [1.82, 2.24) is 30.5 Å². The number of carbonyl (C=O) groups is 5. The van der Waals surface area contributed by atoms with Gasteiger partial charge in [0, 0.05) is 32.7 Å². The molecule has 45 heavy (non-hydrogen) atoms. The summed E-state index contributed by atoms with van der Waals surface area (Å²) in [5, 5.41) is 10.8. The summed E-state index contributed by atoms with van der Waals surface area (Å²) in [5.41, 5.74) is -1.26. The molecule has 1 unspecified atom stereocenters. The number of nitrogens with one attached hydrogen (secondary N) is 4.